The van der Waals surface area contributed by atoms with Crippen LogP contribution in [0.4, 0.5) is 0 Å². The minimum atomic E-state index is 1.02. The van der Waals surface area contributed by atoms with Gasteiger partial charge in [0.05, 0.1) is 0 Å². The third-order valence-electron chi connectivity index (χ3n) is 5.79. The van der Waals surface area contributed by atoms with E-state index in [9.17, 15) is 0 Å². The Morgan fingerprint density at radius 2 is 0.760 bits per heavy atom. The molecule has 0 aliphatic rings. The van der Waals surface area contributed by atoms with Crippen LogP contribution in [0.1, 0.15) is 149 Å². The summed E-state index contributed by atoms with van der Waals surface area (Å²) in [5.74, 6) is 1.02. The number of hydrogen-bond acceptors (Lipinski definition) is 0. The van der Waals surface area contributed by atoms with E-state index in [-0.39, 0.29) is 0 Å². The van der Waals surface area contributed by atoms with Crippen LogP contribution >= 0.6 is 0 Å². The Morgan fingerprint density at radius 1 is 0.440 bits per heavy atom. The van der Waals surface area contributed by atoms with E-state index < -0.39 is 0 Å². The highest BCUT2D eigenvalue weighted by atomic mass is 14.1. The van der Waals surface area contributed by atoms with Crippen LogP contribution in [0.2, 0.25) is 0 Å². The van der Waals surface area contributed by atoms with Crippen LogP contribution in [0, 0.1) is 12.8 Å². The lowest BCUT2D eigenvalue weighted by atomic mass is 9.90. The summed E-state index contributed by atoms with van der Waals surface area (Å²) in [6.45, 7) is 8.60. The minimum absolute atomic E-state index is 1.02. The third kappa shape index (κ3) is 20.2. The van der Waals surface area contributed by atoms with Gasteiger partial charge < -0.3 is 0 Å². The molecule has 0 aliphatic carbocycles. The topological polar surface area (TPSA) is 0 Å². The molecule has 0 fully saturated rings. The van der Waals surface area contributed by atoms with Crippen molar-refractivity contribution in [2.45, 2.75) is 149 Å². The van der Waals surface area contributed by atoms with Crippen molar-refractivity contribution in [2.75, 3.05) is 0 Å². The largest absolute Gasteiger partial charge is 0.0654 e. The first kappa shape index (κ1) is 25.0. The number of rotatable bonds is 21. The van der Waals surface area contributed by atoms with Crippen molar-refractivity contribution in [2.24, 2.45) is 5.92 Å². The highest BCUT2D eigenvalue weighted by molar-refractivity contribution is 4.62. The maximum atomic E-state index is 3.97. The van der Waals surface area contributed by atoms with Gasteiger partial charge in [0.25, 0.3) is 0 Å². The highest BCUT2D eigenvalue weighted by Gasteiger charge is 2.08. The molecule has 0 rings (SSSR count). The van der Waals surface area contributed by atoms with Gasteiger partial charge in [0, 0.05) is 0 Å². The fraction of sp³-hybridized carbons (Fsp3) is 0.960. The molecule has 1 unspecified atom stereocenters. The molecule has 0 amide bonds. The summed E-state index contributed by atoms with van der Waals surface area (Å²) in [6, 6.07) is 0. The molecule has 0 N–H and O–H groups in total. The van der Waals surface area contributed by atoms with Crippen molar-refractivity contribution in [3.8, 4) is 0 Å². The SMILES string of the molecule is [CH2]CCCCCC(CCCCC)CCCCCCCCCCCCC. The molecule has 0 saturated carbocycles. The van der Waals surface area contributed by atoms with E-state index in [1.807, 2.05) is 0 Å². The van der Waals surface area contributed by atoms with Crippen LogP contribution in [-0.4, -0.2) is 0 Å². The molecule has 1 radical (unpaired) electrons. The normalized spacial score (nSPS) is 12.6. The molecular formula is C25H51. The van der Waals surface area contributed by atoms with E-state index in [4.69, 9.17) is 0 Å². The second kappa shape index (κ2) is 22.0. The maximum absolute atomic E-state index is 3.97. The van der Waals surface area contributed by atoms with Crippen LogP contribution < -0.4 is 0 Å². The second-order valence-corrected chi connectivity index (χ2v) is 8.39. The van der Waals surface area contributed by atoms with Crippen LogP contribution in [0.25, 0.3) is 0 Å². The Labute approximate surface area is 161 Å². The van der Waals surface area contributed by atoms with Gasteiger partial charge in [-0.15, -0.1) is 0 Å². The van der Waals surface area contributed by atoms with Crippen LogP contribution in [0.5, 0.6) is 0 Å². The fourth-order valence-corrected chi connectivity index (χ4v) is 4.00. The predicted molar refractivity (Wildman–Crippen MR) is 117 cm³/mol. The van der Waals surface area contributed by atoms with Crippen molar-refractivity contribution in [1.82, 2.24) is 0 Å². The molecule has 0 heterocycles. The van der Waals surface area contributed by atoms with Gasteiger partial charge in [-0.1, -0.05) is 156 Å². The summed E-state index contributed by atoms with van der Waals surface area (Å²) in [5, 5.41) is 0. The molecule has 0 spiro atoms. The van der Waals surface area contributed by atoms with Crippen molar-refractivity contribution < 1.29 is 0 Å². The van der Waals surface area contributed by atoms with Crippen LogP contribution in [0.3, 0.4) is 0 Å². The lowest BCUT2D eigenvalue weighted by Gasteiger charge is -2.16. The zero-order valence-corrected chi connectivity index (χ0v) is 18.1. The molecule has 0 aromatic rings. The molecule has 0 aromatic carbocycles. The predicted octanol–water partition coefficient (Wildman–Crippen LogP) is 9.67. The first-order chi connectivity index (χ1) is 12.3. The Balaban J connectivity index is 3.51. The summed E-state index contributed by atoms with van der Waals surface area (Å²) in [7, 11) is 0. The van der Waals surface area contributed by atoms with Crippen LogP contribution in [-0.2, 0) is 0 Å². The summed E-state index contributed by atoms with van der Waals surface area (Å²) < 4.78 is 0. The third-order valence-corrected chi connectivity index (χ3v) is 5.79. The van der Waals surface area contributed by atoms with Crippen molar-refractivity contribution in [1.29, 1.82) is 0 Å². The molecule has 1 atom stereocenters. The van der Waals surface area contributed by atoms with E-state index in [0.717, 1.165) is 12.3 Å². The lowest BCUT2D eigenvalue weighted by Crippen LogP contribution is -2.01. The Morgan fingerprint density at radius 3 is 1.20 bits per heavy atom. The zero-order chi connectivity index (χ0) is 18.4. The molecular weight excluding hydrogens is 300 g/mol. The van der Waals surface area contributed by atoms with E-state index in [1.54, 1.807) is 0 Å². The summed E-state index contributed by atoms with van der Waals surface area (Å²) >= 11 is 0. The Kier molecular flexibility index (Phi) is 22.0. The molecule has 0 aromatic heterocycles. The molecule has 0 bridgehead atoms. The van der Waals surface area contributed by atoms with E-state index in [1.165, 1.54) is 128 Å². The Bertz CT molecular complexity index is 220. The molecule has 0 aliphatic heterocycles. The van der Waals surface area contributed by atoms with Gasteiger partial charge in [-0.2, -0.15) is 0 Å². The summed E-state index contributed by atoms with van der Waals surface area (Å²) in [6.07, 6.45) is 30.2. The molecule has 0 nitrogen and oxygen atoms in total. The van der Waals surface area contributed by atoms with Crippen LogP contribution in [0.15, 0.2) is 0 Å². The lowest BCUT2D eigenvalue weighted by molar-refractivity contribution is 0.369. The van der Waals surface area contributed by atoms with Gasteiger partial charge >= 0.3 is 0 Å². The minimum Gasteiger partial charge on any atom is -0.0654 e. The zero-order valence-electron chi connectivity index (χ0n) is 18.1. The summed E-state index contributed by atoms with van der Waals surface area (Å²) in [5.41, 5.74) is 0. The average molecular weight is 352 g/mol. The molecule has 151 valence electrons. The van der Waals surface area contributed by atoms with E-state index in [0.29, 0.717) is 0 Å². The van der Waals surface area contributed by atoms with Gasteiger partial charge in [0.15, 0.2) is 0 Å². The average Bonchev–Trinajstić information content (AvgIpc) is 2.62. The van der Waals surface area contributed by atoms with Gasteiger partial charge in [-0.25, -0.2) is 0 Å². The van der Waals surface area contributed by atoms with Gasteiger partial charge in [0.1, 0.15) is 0 Å². The van der Waals surface area contributed by atoms with Gasteiger partial charge in [-0.3, -0.25) is 0 Å². The molecule has 0 heteroatoms. The smallest absolute Gasteiger partial charge is 0.0414 e. The van der Waals surface area contributed by atoms with E-state index >= 15 is 0 Å². The van der Waals surface area contributed by atoms with E-state index in [2.05, 4.69) is 20.8 Å². The first-order valence-electron chi connectivity index (χ1n) is 12.1. The quantitative estimate of drug-likeness (QED) is 0.180. The van der Waals surface area contributed by atoms with Gasteiger partial charge in [0.2, 0.25) is 0 Å². The fourth-order valence-electron chi connectivity index (χ4n) is 4.00. The van der Waals surface area contributed by atoms with Crippen molar-refractivity contribution in [3.63, 3.8) is 0 Å². The van der Waals surface area contributed by atoms with Gasteiger partial charge in [-0.05, 0) is 5.92 Å². The number of unbranched alkanes of at least 4 members (excludes halogenated alkanes) is 15. The second-order valence-electron chi connectivity index (χ2n) is 8.39. The van der Waals surface area contributed by atoms with Crippen molar-refractivity contribution in [3.05, 3.63) is 6.92 Å². The first-order valence-corrected chi connectivity index (χ1v) is 12.1. The Hall–Kier alpha value is 0. The summed E-state index contributed by atoms with van der Waals surface area (Å²) in [4.78, 5) is 0. The maximum Gasteiger partial charge on any atom is -0.0414 e. The number of hydrogen-bond donors (Lipinski definition) is 0. The highest BCUT2D eigenvalue weighted by Crippen LogP contribution is 2.24. The molecule has 25 heavy (non-hydrogen) atoms. The molecule has 0 saturated heterocycles. The standard InChI is InChI=1S/C25H51/c1-4-7-10-12-13-14-15-16-17-18-21-24-25(22-19-9-6-3)23-20-11-8-5-2/h25H,2,4-24H2,1,3H3. The monoisotopic (exact) mass is 351 g/mol. The van der Waals surface area contributed by atoms with Crippen molar-refractivity contribution >= 4 is 0 Å².